The van der Waals surface area contributed by atoms with Gasteiger partial charge in [-0.2, -0.15) is 4.31 Å². The molecule has 0 saturated carbocycles. The van der Waals surface area contributed by atoms with Crippen LogP contribution in [-0.4, -0.2) is 54.5 Å². The highest BCUT2D eigenvalue weighted by atomic mass is 32.2. The summed E-state index contributed by atoms with van der Waals surface area (Å²) in [7, 11) is -3.57. The molecule has 8 nitrogen and oxygen atoms in total. The summed E-state index contributed by atoms with van der Waals surface area (Å²) < 4.78 is 35.0. The van der Waals surface area contributed by atoms with Crippen LogP contribution in [0.1, 0.15) is 26.1 Å². The lowest BCUT2D eigenvalue weighted by Gasteiger charge is -2.26. The van der Waals surface area contributed by atoms with Crippen molar-refractivity contribution in [2.45, 2.75) is 42.4 Å². The average molecular weight is 489 g/mol. The Morgan fingerprint density at radius 2 is 1.88 bits per heavy atom. The van der Waals surface area contributed by atoms with Crippen LogP contribution in [0.4, 0.5) is 5.69 Å². The Kier molecular flexibility index (Phi) is 7.38. The first-order valence-corrected chi connectivity index (χ1v) is 13.4. The van der Waals surface area contributed by atoms with Crippen molar-refractivity contribution in [2.24, 2.45) is 0 Å². The number of nitrogens with zero attached hydrogens (tertiary/aromatic N) is 3. The van der Waals surface area contributed by atoms with Crippen molar-refractivity contribution in [3.05, 3.63) is 48.3 Å². The second-order valence-corrected chi connectivity index (χ2v) is 10.8. The molecule has 176 valence electrons. The van der Waals surface area contributed by atoms with Crippen molar-refractivity contribution in [1.82, 2.24) is 13.9 Å². The van der Waals surface area contributed by atoms with Crippen molar-refractivity contribution in [3.8, 4) is 0 Å². The van der Waals surface area contributed by atoms with Crippen LogP contribution in [0.3, 0.4) is 0 Å². The summed E-state index contributed by atoms with van der Waals surface area (Å²) in [6, 6.07) is 12.9. The molecule has 1 saturated heterocycles. The Hall–Kier alpha value is -2.40. The fourth-order valence-corrected chi connectivity index (χ4v) is 6.10. The van der Waals surface area contributed by atoms with E-state index in [1.807, 2.05) is 30.3 Å². The molecule has 1 aromatic heterocycles. The standard InChI is InChI=1S/C23H28N4O4S2/c1-3-10-27-22-9-8-20(33(29,30)26-11-13-31-14-12-26)15-21(22)25-23(27)16-32-19-6-4-18(5-7-19)24-17(2)28/h4-9,15H,3,10-14,16H2,1-2H3,(H,24,28). The molecule has 4 rings (SSSR count). The Balaban J connectivity index is 1.57. The Labute approximate surface area is 198 Å². The van der Waals surface area contributed by atoms with Gasteiger partial charge in [0.2, 0.25) is 15.9 Å². The van der Waals surface area contributed by atoms with E-state index < -0.39 is 10.0 Å². The van der Waals surface area contributed by atoms with Crippen LogP contribution < -0.4 is 5.32 Å². The van der Waals surface area contributed by atoms with Gasteiger partial charge in [0.05, 0.1) is 34.9 Å². The number of rotatable bonds is 8. The number of carbonyl (C=O) groups excluding carboxylic acids is 1. The van der Waals surface area contributed by atoms with Gasteiger partial charge in [0.25, 0.3) is 0 Å². The van der Waals surface area contributed by atoms with Crippen LogP contribution >= 0.6 is 11.8 Å². The molecule has 0 atom stereocenters. The van der Waals surface area contributed by atoms with Gasteiger partial charge in [-0.15, -0.1) is 11.8 Å². The number of aromatic nitrogens is 2. The minimum atomic E-state index is -3.57. The molecule has 33 heavy (non-hydrogen) atoms. The predicted molar refractivity (Wildman–Crippen MR) is 130 cm³/mol. The summed E-state index contributed by atoms with van der Waals surface area (Å²) in [4.78, 5) is 17.3. The van der Waals surface area contributed by atoms with Gasteiger partial charge in [0, 0.05) is 37.1 Å². The fraction of sp³-hybridized carbons (Fsp3) is 0.391. The number of hydrogen-bond acceptors (Lipinski definition) is 6. The maximum Gasteiger partial charge on any atom is 0.243 e. The zero-order chi connectivity index (χ0) is 23.4. The lowest BCUT2D eigenvalue weighted by atomic mass is 10.3. The normalized spacial score (nSPS) is 15.1. The summed E-state index contributed by atoms with van der Waals surface area (Å²) >= 11 is 1.65. The number of amides is 1. The summed E-state index contributed by atoms with van der Waals surface area (Å²) in [5.41, 5.74) is 2.39. The van der Waals surface area contributed by atoms with Crippen LogP contribution in [0.25, 0.3) is 11.0 Å². The molecule has 0 bridgehead atoms. The molecule has 0 unspecified atom stereocenters. The molecule has 0 radical (unpaired) electrons. The molecular weight excluding hydrogens is 460 g/mol. The van der Waals surface area contributed by atoms with Crippen molar-refractivity contribution >= 4 is 44.4 Å². The highest BCUT2D eigenvalue weighted by molar-refractivity contribution is 7.98. The number of ether oxygens (including phenoxy) is 1. The number of hydrogen-bond donors (Lipinski definition) is 1. The first-order chi connectivity index (χ1) is 15.9. The molecule has 1 aliphatic rings. The van der Waals surface area contributed by atoms with E-state index >= 15 is 0 Å². The second kappa shape index (κ2) is 10.3. The molecule has 1 fully saturated rings. The monoisotopic (exact) mass is 488 g/mol. The van der Waals surface area contributed by atoms with Gasteiger partial charge < -0.3 is 14.6 Å². The van der Waals surface area contributed by atoms with E-state index in [2.05, 4.69) is 16.8 Å². The number of carbonyl (C=O) groups is 1. The summed E-state index contributed by atoms with van der Waals surface area (Å²) in [6.45, 7) is 5.97. The molecule has 1 amide bonds. The van der Waals surface area contributed by atoms with E-state index in [0.717, 1.165) is 34.9 Å². The van der Waals surface area contributed by atoms with Crippen molar-refractivity contribution < 1.29 is 17.9 Å². The number of benzene rings is 2. The van der Waals surface area contributed by atoms with Crippen molar-refractivity contribution in [3.63, 3.8) is 0 Å². The SMILES string of the molecule is CCCn1c(CSc2ccc(NC(C)=O)cc2)nc2cc(S(=O)(=O)N3CCOCC3)ccc21. The quantitative estimate of drug-likeness (QED) is 0.486. The topological polar surface area (TPSA) is 93.5 Å². The van der Waals surface area contributed by atoms with Gasteiger partial charge in [-0.3, -0.25) is 4.79 Å². The predicted octanol–water partition coefficient (Wildman–Crippen LogP) is 3.72. The Morgan fingerprint density at radius 3 is 2.55 bits per heavy atom. The number of sulfonamides is 1. The van der Waals surface area contributed by atoms with E-state index in [1.165, 1.54) is 11.2 Å². The van der Waals surface area contributed by atoms with E-state index in [4.69, 9.17) is 9.72 Å². The van der Waals surface area contributed by atoms with Gasteiger partial charge in [-0.05, 0) is 48.9 Å². The molecule has 2 aromatic carbocycles. The first-order valence-electron chi connectivity index (χ1n) is 11.0. The van der Waals surface area contributed by atoms with E-state index in [1.54, 1.807) is 23.9 Å². The molecule has 1 aliphatic heterocycles. The second-order valence-electron chi connectivity index (χ2n) is 7.84. The van der Waals surface area contributed by atoms with Gasteiger partial charge in [0.1, 0.15) is 5.82 Å². The molecule has 0 aliphatic carbocycles. The van der Waals surface area contributed by atoms with Gasteiger partial charge in [0.15, 0.2) is 0 Å². The smallest absolute Gasteiger partial charge is 0.243 e. The van der Waals surface area contributed by atoms with Gasteiger partial charge >= 0.3 is 0 Å². The van der Waals surface area contributed by atoms with Crippen LogP contribution in [0.2, 0.25) is 0 Å². The number of morpholine rings is 1. The third-order valence-electron chi connectivity index (χ3n) is 5.40. The van der Waals surface area contributed by atoms with Crippen molar-refractivity contribution in [2.75, 3.05) is 31.6 Å². The molecule has 2 heterocycles. The molecular formula is C23H28N4O4S2. The van der Waals surface area contributed by atoms with Gasteiger partial charge in [-0.25, -0.2) is 13.4 Å². The lowest BCUT2D eigenvalue weighted by molar-refractivity contribution is -0.114. The van der Waals surface area contributed by atoms with E-state index in [0.29, 0.717) is 37.6 Å². The van der Waals surface area contributed by atoms with E-state index in [9.17, 15) is 13.2 Å². The molecule has 10 heteroatoms. The van der Waals surface area contributed by atoms with Gasteiger partial charge in [-0.1, -0.05) is 6.92 Å². The maximum atomic E-state index is 13.1. The molecule has 0 spiro atoms. The fourth-order valence-electron chi connectivity index (χ4n) is 3.82. The van der Waals surface area contributed by atoms with Crippen LogP contribution in [-0.2, 0) is 31.9 Å². The first kappa shape index (κ1) is 23.7. The minimum absolute atomic E-state index is 0.0984. The summed E-state index contributed by atoms with van der Waals surface area (Å²) in [5, 5.41) is 2.77. The molecule has 1 N–H and O–H groups in total. The third-order valence-corrected chi connectivity index (χ3v) is 8.30. The van der Waals surface area contributed by atoms with Crippen LogP contribution in [0, 0.1) is 0 Å². The van der Waals surface area contributed by atoms with Crippen molar-refractivity contribution in [1.29, 1.82) is 0 Å². The highest BCUT2D eigenvalue weighted by Gasteiger charge is 2.27. The van der Waals surface area contributed by atoms with E-state index in [-0.39, 0.29) is 10.8 Å². The largest absolute Gasteiger partial charge is 0.379 e. The number of thioether (sulfide) groups is 1. The zero-order valence-corrected chi connectivity index (χ0v) is 20.4. The number of anilines is 1. The summed E-state index contributed by atoms with van der Waals surface area (Å²) in [5.74, 6) is 1.46. The lowest BCUT2D eigenvalue weighted by Crippen LogP contribution is -2.40. The number of nitrogens with one attached hydrogen (secondary N) is 1. The number of fused-ring (bicyclic) bond motifs is 1. The Bertz CT molecular complexity index is 1230. The minimum Gasteiger partial charge on any atom is -0.379 e. The zero-order valence-electron chi connectivity index (χ0n) is 18.8. The third kappa shape index (κ3) is 5.40. The average Bonchev–Trinajstić information content (AvgIpc) is 3.16. The number of aryl methyl sites for hydroxylation is 1. The number of imidazole rings is 1. The maximum absolute atomic E-state index is 13.1. The highest BCUT2D eigenvalue weighted by Crippen LogP contribution is 2.28. The van der Waals surface area contributed by atoms with Crippen LogP contribution in [0.15, 0.2) is 52.3 Å². The Morgan fingerprint density at radius 1 is 1.15 bits per heavy atom. The van der Waals surface area contributed by atoms with Crippen LogP contribution in [0.5, 0.6) is 0 Å². The summed E-state index contributed by atoms with van der Waals surface area (Å²) in [6.07, 6.45) is 0.947. The molecule has 3 aromatic rings.